The summed E-state index contributed by atoms with van der Waals surface area (Å²) < 4.78 is 5.58. The van der Waals surface area contributed by atoms with Crippen molar-refractivity contribution in [2.75, 3.05) is 4.90 Å². The highest BCUT2D eigenvalue weighted by atomic mass is 32.2. The summed E-state index contributed by atoms with van der Waals surface area (Å²) in [6.45, 7) is 9.46. The molecule has 0 spiro atoms. The van der Waals surface area contributed by atoms with Crippen LogP contribution in [0.4, 0.5) is 5.69 Å². The van der Waals surface area contributed by atoms with Gasteiger partial charge in [0.15, 0.2) is 0 Å². The number of thioether (sulfide) groups is 1. The zero-order chi connectivity index (χ0) is 26.8. The summed E-state index contributed by atoms with van der Waals surface area (Å²) >= 11 is 2.82. The number of amides is 1. The molecule has 0 aromatic carbocycles. The highest BCUT2D eigenvalue weighted by Gasteiger charge is 2.48. The summed E-state index contributed by atoms with van der Waals surface area (Å²) in [6.07, 6.45) is 9.00. The van der Waals surface area contributed by atoms with Crippen molar-refractivity contribution in [2.24, 2.45) is 11.3 Å². The minimum atomic E-state index is -1.00. The van der Waals surface area contributed by atoms with Crippen molar-refractivity contribution in [1.29, 1.82) is 0 Å². The molecule has 9 heteroatoms. The van der Waals surface area contributed by atoms with Crippen molar-refractivity contribution in [3.8, 4) is 11.8 Å². The zero-order valence-electron chi connectivity index (χ0n) is 22.4. The molecule has 2 aromatic rings. The van der Waals surface area contributed by atoms with Crippen molar-refractivity contribution in [3.05, 3.63) is 21.7 Å². The molecule has 2 aliphatic carbocycles. The average molecular weight is 544 g/mol. The van der Waals surface area contributed by atoms with E-state index in [-0.39, 0.29) is 21.7 Å². The second kappa shape index (κ2) is 11.2. The van der Waals surface area contributed by atoms with E-state index in [1.807, 2.05) is 31.7 Å². The first-order chi connectivity index (χ1) is 17.5. The number of nitrogens with zero attached hydrogens (tertiary/aromatic N) is 3. The van der Waals surface area contributed by atoms with E-state index in [0.717, 1.165) is 57.8 Å². The topological polar surface area (TPSA) is 96.5 Å². The van der Waals surface area contributed by atoms with Crippen LogP contribution in [0.1, 0.15) is 106 Å². The SMILES string of the molecule is CC(=O)N(c1cc(C#CC(C)(C)C)sc1C(=O)O)C1(C2CCC(Sc3nnc(C)o3)CC2)CCCCC1. The van der Waals surface area contributed by atoms with Crippen molar-refractivity contribution in [1.82, 2.24) is 10.2 Å². The van der Waals surface area contributed by atoms with Crippen molar-refractivity contribution >= 4 is 40.7 Å². The van der Waals surface area contributed by atoms with Gasteiger partial charge in [0, 0.05) is 24.5 Å². The lowest BCUT2D eigenvalue weighted by Gasteiger charge is -2.52. The normalized spacial score (nSPS) is 21.6. The summed E-state index contributed by atoms with van der Waals surface area (Å²) in [5, 5.41) is 19.2. The lowest BCUT2D eigenvalue weighted by atomic mass is 9.66. The molecule has 0 atom stereocenters. The number of anilines is 1. The molecule has 1 amide bonds. The fourth-order valence-electron chi connectivity index (χ4n) is 5.90. The summed E-state index contributed by atoms with van der Waals surface area (Å²) in [5.41, 5.74) is -0.0570. The first-order valence-electron chi connectivity index (χ1n) is 13.2. The fourth-order valence-corrected chi connectivity index (χ4v) is 7.78. The number of aromatic carboxylic acids is 1. The van der Waals surface area contributed by atoms with Gasteiger partial charge in [0.2, 0.25) is 11.8 Å². The Balaban J connectivity index is 1.65. The highest BCUT2D eigenvalue weighted by molar-refractivity contribution is 7.99. The monoisotopic (exact) mass is 543 g/mol. The van der Waals surface area contributed by atoms with Crippen molar-refractivity contribution in [2.45, 2.75) is 108 Å². The van der Waals surface area contributed by atoms with E-state index >= 15 is 0 Å². The predicted molar refractivity (Wildman–Crippen MR) is 147 cm³/mol. The van der Waals surface area contributed by atoms with E-state index < -0.39 is 5.97 Å². The number of aromatic nitrogens is 2. The van der Waals surface area contributed by atoms with E-state index in [1.165, 1.54) is 11.3 Å². The molecule has 2 heterocycles. The van der Waals surface area contributed by atoms with Crippen LogP contribution in [-0.2, 0) is 4.79 Å². The molecule has 2 fully saturated rings. The molecule has 7 nitrogen and oxygen atoms in total. The molecule has 2 aromatic heterocycles. The number of aryl methyl sites for hydroxylation is 1. The average Bonchev–Trinajstić information content (AvgIpc) is 3.44. The van der Waals surface area contributed by atoms with E-state index in [4.69, 9.17) is 4.42 Å². The molecule has 0 bridgehead atoms. The van der Waals surface area contributed by atoms with Crippen LogP contribution < -0.4 is 4.90 Å². The standard InChI is InChI=1S/C28H37N3O4S2/c1-18-29-30-26(35-18)37-21-11-9-20(10-12-21)28(14-7-6-8-15-28)31(19(2)32)23-17-22(13-16-27(3,4)5)36-24(23)25(33)34/h17,20-21H,6-12,14-15H2,1-5H3,(H,33,34). The van der Waals surface area contributed by atoms with Crippen molar-refractivity contribution < 1.29 is 19.1 Å². The van der Waals surface area contributed by atoms with Gasteiger partial charge in [-0.2, -0.15) is 0 Å². The van der Waals surface area contributed by atoms with Gasteiger partial charge in [-0.1, -0.05) is 42.9 Å². The Labute approximate surface area is 227 Å². The van der Waals surface area contributed by atoms with Gasteiger partial charge in [0.05, 0.1) is 16.1 Å². The molecular weight excluding hydrogens is 506 g/mol. The second-order valence-corrected chi connectivity index (χ2v) is 13.6. The number of carboxylic acid groups (broad SMARTS) is 1. The van der Waals surface area contributed by atoms with Gasteiger partial charge in [0.25, 0.3) is 5.22 Å². The maximum atomic E-state index is 13.4. The fraction of sp³-hybridized carbons (Fsp3) is 0.643. The lowest BCUT2D eigenvalue weighted by molar-refractivity contribution is -0.118. The minimum absolute atomic E-state index is 0.0876. The van der Waals surface area contributed by atoms with E-state index in [9.17, 15) is 14.7 Å². The van der Waals surface area contributed by atoms with Gasteiger partial charge in [-0.3, -0.25) is 4.79 Å². The van der Waals surface area contributed by atoms with Crippen LogP contribution in [0.3, 0.4) is 0 Å². The zero-order valence-corrected chi connectivity index (χ0v) is 24.1. The number of rotatable bonds is 6. The van der Waals surface area contributed by atoms with Crippen LogP contribution in [-0.4, -0.2) is 38.0 Å². The Kier molecular flexibility index (Phi) is 8.39. The molecule has 0 saturated heterocycles. The molecule has 0 radical (unpaired) electrons. The summed E-state index contributed by atoms with van der Waals surface area (Å²) in [4.78, 5) is 28.5. The Morgan fingerprint density at radius 1 is 1.16 bits per heavy atom. The van der Waals surface area contributed by atoms with Crippen LogP contribution in [0, 0.1) is 30.1 Å². The lowest BCUT2D eigenvalue weighted by Crippen LogP contribution is -2.58. The Hall–Kier alpha value is -2.31. The van der Waals surface area contributed by atoms with E-state index in [0.29, 0.717) is 32.8 Å². The van der Waals surface area contributed by atoms with Gasteiger partial charge in [-0.05, 0) is 71.3 Å². The number of carbonyl (C=O) groups is 2. The predicted octanol–water partition coefficient (Wildman–Crippen LogP) is 6.94. The van der Waals surface area contributed by atoms with Crippen LogP contribution in [0.5, 0.6) is 0 Å². The Morgan fingerprint density at radius 2 is 1.84 bits per heavy atom. The maximum Gasteiger partial charge on any atom is 0.348 e. The smallest absolute Gasteiger partial charge is 0.348 e. The van der Waals surface area contributed by atoms with E-state index in [2.05, 4.69) is 22.0 Å². The number of carboxylic acids is 1. The second-order valence-electron chi connectivity index (χ2n) is 11.3. The third-order valence-electron chi connectivity index (χ3n) is 7.40. The molecule has 4 rings (SSSR count). The molecule has 2 aliphatic rings. The van der Waals surface area contributed by atoms with Gasteiger partial charge in [-0.25, -0.2) is 4.79 Å². The Bertz CT molecular complexity index is 1190. The van der Waals surface area contributed by atoms with Crippen LogP contribution in [0.25, 0.3) is 0 Å². The third kappa shape index (κ3) is 6.40. The number of hydrogen-bond acceptors (Lipinski definition) is 7. The van der Waals surface area contributed by atoms with Gasteiger partial charge in [-0.15, -0.1) is 21.5 Å². The van der Waals surface area contributed by atoms with Gasteiger partial charge < -0.3 is 14.4 Å². The highest BCUT2D eigenvalue weighted by Crippen LogP contribution is 2.50. The van der Waals surface area contributed by atoms with Crippen LogP contribution in [0.15, 0.2) is 15.7 Å². The first kappa shape index (κ1) is 27.7. The van der Waals surface area contributed by atoms with Crippen molar-refractivity contribution in [3.63, 3.8) is 0 Å². The van der Waals surface area contributed by atoms with Crippen LogP contribution in [0.2, 0.25) is 0 Å². The van der Waals surface area contributed by atoms with E-state index in [1.54, 1.807) is 25.6 Å². The molecule has 0 aliphatic heterocycles. The molecule has 2 saturated carbocycles. The molecule has 0 unspecified atom stereocenters. The minimum Gasteiger partial charge on any atom is -0.477 e. The third-order valence-corrected chi connectivity index (χ3v) is 9.60. The molecular formula is C28H37N3O4S2. The molecule has 200 valence electrons. The van der Waals surface area contributed by atoms with Gasteiger partial charge >= 0.3 is 5.97 Å². The quantitative estimate of drug-likeness (QED) is 0.394. The maximum absolute atomic E-state index is 13.4. The summed E-state index contributed by atoms with van der Waals surface area (Å²) in [7, 11) is 0. The Morgan fingerprint density at radius 3 is 2.38 bits per heavy atom. The summed E-state index contributed by atoms with van der Waals surface area (Å²) in [5.74, 6) is 6.17. The molecule has 1 N–H and O–H groups in total. The number of hydrogen-bond donors (Lipinski definition) is 1. The first-order valence-corrected chi connectivity index (χ1v) is 14.9. The van der Waals surface area contributed by atoms with Gasteiger partial charge in [0.1, 0.15) is 4.88 Å². The molecule has 37 heavy (non-hydrogen) atoms. The summed E-state index contributed by atoms with van der Waals surface area (Å²) in [6, 6.07) is 1.84. The largest absolute Gasteiger partial charge is 0.477 e. The van der Waals surface area contributed by atoms with Crippen LogP contribution >= 0.6 is 23.1 Å². The number of carbonyl (C=O) groups excluding carboxylic acids is 1. The number of thiophene rings is 1.